The second kappa shape index (κ2) is 8.10. The lowest BCUT2D eigenvalue weighted by Crippen LogP contribution is -2.40. The molecule has 7 heteroatoms. The van der Waals surface area contributed by atoms with Gasteiger partial charge in [-0.15, -0.1) is 0 Å². The minimum atomic E-state index is -0.198. The third kappa shape index (κ3) is 3.99. The third-order valence-corrected chi connectivity index (χ3v) is 5.24. The topological polar surface area (TPSA) is 75.0 Å². The van der Waals surface area contributed by atoms with Crippen LogP contribution in [0.25, 0.3) is 11.0 Å². The molecule has 2 aromatic rings. The number of rotatable bonds is 3. The number of carbonyl (C=O) groups excluding carboxylic acids is 1. The Morgan fingerprint density at radius 3 is 2.56 bits per heavy atom. The van der Waals surface area contributed by atoms with Gasteiger partial charge in [-0.3, -0.25) is 15.0 Å². The van der Waals surface area contributed by atoms with Crippen molar-refractivity contribution < 1.29 is 13.9 Å². The van der Waals surface area contributed by atoms with Crippen molar-refractivity contribution in [1.82, 2.24) is 9.80 Å². The number of ether oxygens (including phenoxy) is 1. The molecule has 27 heavy (non-hydrogen) atoms. The van der Waals surface area contributed by atoms with Gasteiger partial charge in [0.1, 0.15) is 5.58 Å². The largest absolute Gasteiger partial charge is 0.440 e. The monoisotopic (exact) mass is 371 g/mol. The fraction of sp³-hybridized carbons (Fsp3) is 0.500. The Hall–Kier alpha value is -2.38. The van der Waals surface area contributed by atoms with Crippen LogP contribution in [0.1, 0.15) is 24.8 Å². The number of amides is 2. The lowest BCUT2D eigenvalue weighted by molar-refractivity contribution is 0.0340. The molecule has 0 spiro atoms. The fourth-order valence-corrected chi connectivity index (χ4v) is 3.68. The first-order valence-corrected chi connectivity index (χ1v) is 9.63. The highest BCUT2D eigenvalue weighted by atomic mass is 16.5. The molecule has 144 valence electrons. The highest BCUT2D eigenvalue weighted by Gasteiger charge is 2.23. The summed E-state index contributed by atoms with van der Waals surface area (Å²) in [4.78, 5) is 29.7. The molecule has 0 unspecified atom stereocenters. The van der Waals surface area contributed by atoms with Crippen LogP contribution in [-0.4, -0.2) is 55.2 Å². The van der Waals surface area contributed by atoms with Gasteiger partial charge in [0.25, 0.3) is 0 Å². The van der Waals surface area contributed by atoms with E-state index < -0.39 is 0 Å². The lowest BCUT2D eigenvalue weighted by Gasteiger charge is -2.28. The summed E-state index contributed by atoms with van der Waals surface area (Å²) in [5.41, 5.74) is 0.903. The molecule has 2 aliphatic rings. The summed E-state index contributed by atoms with van der Waals surface area (Å²) >= 11 is 0. The molecule has 0 atom stereocenters. The zero-order valence-corrected chi connectivity index (χ0v) is 15.4. The first kappa shape index (κ1) is 18.0. The number of carbonyl (C=O) groups is 1. The Morgan fingerprint density at radius 1 is 1.04 bits per heavy atom. The van der Waals surface area contributed by atoms with Crippen molar-refractivity contribution >= 4 is 22.9 Å². The van der Waals surface area contributed by atoms with Gasteiger partial charge in [-0.1, -0.05) is 12.1 Å². The summed E-state index contributed by atoms with van der Waals surface area (Å²) in [5.74, 6) is 0.265. The minimum Gasteiger partial charge on any atom is -0.440 e. The van der Waals surface area contributed by atoms with E-state index in [-0.39, 0.29) is 17.3 Å². The maximum atomic E-state index is 13.1. The standard InChI is InChI=1S/C20H25N3O4/c24-18-15-6-2-3-7-17(15)27-19(16(18)14-22-10-12-26-13-11-22)21-20(25)23-8-4-1-5-9-23/h2-3,6-7H,1,4-5,8-14H2,(H,21,25). The number of morpholine rings is 1. The van der Waals surface area contributed by atoms with Gasteiger partial charge in [-0.2, -0.15) is 0 Å². The predicted octanol–water partition coefficient (Wildman–Crippen LogP) is 2.64. The number of nitrogens with one attached hydrogen (secondary N) is 1. The van der Waals surface area contributed by atoms with Gasteiger partial charge in [0.2, 0.25) is 5.88 Å². The fourth-order valence-electron chi connectivity index (χ4n) is 3.68. The second-order valence-electron chi connectivity index (χ2n) is 7.10. The first-order chi connectivity index (χ1) is 13.2. The van der Waals surface area contributed by atoms with Gasteiger partial charge in [0, 0.05) is 32.7 Å². The zero-order valence-electron chi connectivity index (χ0n) is 15.4. The maximum Gasteiger partial charge on any atom is 0.324 e. The molecule has 2 amide bonds. The Balaban J connectivity index is 1.66. The molecule has 2 saturated heterocycles. The Bertz CT molecular complexity index is 867. The van der Waals surface area contributed by atoms with Crippen molar-refractivity contribution in [3.8, 4) is 0 Å². The SMILES string of the molecule is O=C(Nc1oc2ccccc2c(=O)c1CN1CCOCC1)N1CCCCC1. The molecule has 1 aromatic carbocycles. The van der Waals surface area contributed by atoms with E-state index in [0.29, 0.717) is 36.3 Å². The number of benzene rings is 1. The molecular formula is C20H25N3O4. The average Bonchev–Trinajstić information content (AvgIpc) is 2.72. The van der Waals surface area contributed by atoms with Gasteiger partial charge in [0.05, 0.1) is 24.2 Å². The van der Waals surface area contributed by atoms with Gasteiger partial charge < -0.3 is 14.1 Å². The van der Waals surface area contributed by atoms with Gasteiger partial charge in [-0.05, 0) is 31.4 Å². The summed E-state index contributed by atoms with van der Waals surface area (Å²) in [7, 11) is 0. The highest BCUT2D eigenvalue weighted by Crippen LogP contribution is 2.22. The van der Waals surface area contributed by atoms with Gasteiger partial charge in [-0.25, -0.2) is 4.79 Å². The van der Waals surface area contributed by atoms with Crippen LogP contribution in [0.5, 0.6) is 0 Å². The molecular weight excluding hydrogens is 346 g/mol. The summed E-state index contributed by atoms with van der Waals surface area (Å²) in [5, 5.41) is 3.40. The normalized spacial score (nSPS) is 18.6. The number of urea groups is 1. The number of piperidine rings is 1. The Labute approximate surface area is 157 Å². The van der Waals surface area contributed by atoms with E-state index in [0.717, 1.165) is 45.4 Å². The minimum absolute atomic E-state index is 0.0858. The van der Waals surface area contributed by atoms with Crippen LogP contribution in [0.4, 0.5) is 10.7 Å². The van der Waals surface area contributed by atoms with Crippen molar-refractivity contribution in [2.75, 3.05) is 44.7 Å². The summed E-state index contributed by atoms with van der Waals surface area (Å²) in [6, 6.07) is 6.97. The van der Waals surface area contributed by atoms with Crippen molar-refractivity contribution in [3.63, 3.8) is 0 Å². The number of anilines is 1. The van der Waals surface area contributed by atoms with Crippen molar-refractivity contribution in [2.45, 2.75) is 25.8 Å². The van der Waals surface area contributed by atoms with E-state index in [1.165, 1.54) is 0 Å². The van der Waals surface area contributed by atoms with E-state index >= 15 is 0 Å². The summed E-state index contributed by atoms with van der Waals surface area (Å²) in [6.45, 7) is 4.72. The molecule has 0 aliphatic carbocycles. The number of hydrogen-bond donors (Lipinski definition) is 1. The predicted molar refractivity (Wildman–Crippen MR) is 103 cm³/mol. The first-order valence-electron chi connectivity index (χ1n) is 9.63. The second-order valence-corrected chi connectivity index (χ2v) is 7.10. The number of fused-ring (bicyclic) bond motifs is 1. The quantitative estimate of drug-likeness (QED) is 0.898. The Morgan fingerprint density at radius 2 is 1.78 bits per heavy atom. The molecule has 2 fully saturated rings. The number of para-hydroxylation sites is 1. The van der Waals surface area contributed by atoms with Crippen LogP contribution in [-0.2, 0) is 11.3 Å². The van der Waals surface area contributed by atoms with Crippen molar-refractivity contribution in [2.24, 2.45) is 0 Å². The van der Waals surface area contributed by atoms with E-state index in [1.807, 2.05) is 12.1 Å². The van der Waals surface area contributed by atoms with E-state index in [1.54, 1.807) is 17.0 Å². The molecule has 0 radical (unpaired) electrons. The maximum absolute atomic E-state index is 13.1. The number of likely N-dealkylation sites (tertiary alicyclic amines) is 1. The van der Waals surface area contributed by atoms with E-state index in [2.05, 4.69) is 10.2 Å². The highest BCUT2D eigenvalue weighted by molar-refractivity contribution is 5.90. The van der Waals surface area contributed by atoms with Crippen LogP contribution < -0.4 is 10.7 Å². The van der Waals surface area contributed by atoms with Gasteiger partial charge in [0.15, 0.2) is 5.43 Å². The van der Waals surface area contributed by atoms with Crippen molar-refractivity contribution in [1.29, 1.82) is 0 Å². The average molecular weight is 371 g/mol. The van der Waals surface area contributed by atoms with Crippen LogP contribution in [0, 0.1) is 0 Å². The molecule has 4 rings (SSSR count). The summed E-state index contributed by atoms with van der Waals surface area (Å²) in [6.07, 6.45) is 3.17. The van der Waals surface area contributed by atoms with Crippen LogP contribution in [0.3, 0.4) is 0 Å². The molecule has 2 aliphatic heterocycles. The van der Waals surface area contributed by atoms with Gasteiger partial charge >= 0.3 is 6.03 Å². The lowest BCUT2D eigenvalue weighted by atomic mass is 10.1. The number of nitrogens with zero attached hydrogens (tertiary/aromatic N) is 2. The molecule has 1 aromatic heterocycles. The number of hydrogen-bond acceptors (Lipinski definition) is 5. The zero-order chi connectivity index (χ0) is 18.6. The van der Waals surface area contributed by atoms with Crippen LogP contribution >= 0.6 is 0 Å². The van der Waals surface area contributed by atoms with Crippen LogP contribution in [0.15, 0.2) is 33.5 Å². The molecule has 1 N–H and O–H groups in total. The van der Waals surface area contributed by atoms with E-state index in [4.69, 9.17) is 9.15 Å². The molecule has 0 bridgehead atoms. The summed E-state index contributed by atoms with van der Waals surface area (Å²) < 4.78 is 11.4. The molecule has 3 heterocycles. The molecule has 0 saturated carbocycles. The molecule has 7 nitrogen and oxygen atoms in total. The van der Waals surface area contributed by atoms with E-state index in [9.17, 15) is 9.59 Å². The smallest absolute Gasteiger partial charge is 0.324 e. The Kier molecular flexibility index (Phi) is 5.40. The van der Waals surface area contributed by atoms with Crippen molar-refractivity contribution in [3.05, 3.63) is 40.1 Å². The third-order valence-electron chi connectivity index (χ3n) is 5.24. The van der Waals surface area contributed by atoms with Crippen LogP contribution in [0.2, 0.25) is 0 Å².